The van der Waals surface area contributed by atoms with E-state index in [1.54, 1.807) is 11.3 Å². The molecule has 0 unspecified atom stereocenters. The van der Waals surface area contributed by atoms with Gasteiger partial charge in [0.1, 0.15) is 24.5 Å². The number of ether oxygens (including phenoxy) is 1. The van der Waals surface area contributed by atoms with Gasteiger partial charge >= 0.3 is 5.97 Å². The first-order valence-electron chi connectivity index (χ1n) is 13.8. The van der Waals surface area contributed by atoms with Crippen molar-refractivity contribution in [1.82, 2.24) is 19.9 Å². The van der Waals surface area contributed by atoms with E-state index in [0.29, 0.717) is 24.7 Å². The maximum atomic E-state index is 11.4. The zero-order valence-electron chi connectivity index (χ0n) is 23.6. The zero-order valence-corrected chi connectivity index (χ0v) is 24.4. The molecule has 0 bridgehead atoms. The van der Waals surface area contributed by atoms with Crippen molar-refractivity contribution >= 4 is 17.3 Å². The summed E-state index contributed by atoms with van der Waals surface area (Å²) in [4.78, 5) is 22.6. The number of nitrogens with zero attached hydrogens (tertiary/aromatic N) is 4. The van der Waals surface area contributed by atoms with Crippen molar-refractivity contribution in [2.75, 3.05) is 32.8 Å². The van der Waals surface area contributed by atoms with Crippen molar-refractivity contribution in [2.45, 2.75) is 72.6 Å². The molecule has 1 aliphatic rings. The van der Waals surface area contributed by atoms with Crippen LogP contribution in [-0.4, -0.2) is 81.1 Å². The predicted octanol–water partition coefficient (Wildman–Crippen LogP) is 4.77. The predicted molar refractivity (Wildman–Crippen MR) is 152 cm³/mol. The minimum absolute atomic E-state index is 0.0932. The van der Waals surface area contributed by atoms with Gasteiger partial charge in [0.2, 0.25) is 5.82 Å². The van der Waals surface area contributed by atoms with Gasteiger partial charge < -0.3 is 19.5 Å². The molecule has 1 aliphatic heterocycles. The van der Waals surface area contributed by atoms with Crippen LogP contribution in [0.2, 0.25) is 0 Å². The third kappa shape index (κ3) is 6.87. The highest BCUT2D eigenvalue weighted by Gasteiger charge is 2.31. The molecule has 3 heterocycles. The summed E-state index contributed by atoms with van der Waals surface area (Å²) in [7, 11) is 0. The highest BCUT2D eigenvalue weighted by atomic mass is 32.1. The summed E-state index contributed by atoms with van der Waals surface area (Å²) in [6, 6.07) is 5.57. The van der Waals surface area contributed by atoms with Crippen LogP contribution in [0.25, 0.3) is 22.2 Å². The average Bonchev–Trinajstić information content (AvgIpc) is 3.66. The van der Waals surface area contributed by atoms with E-state index in [-0.39, 0.29) is 13.2 Å². The molecule has 212 valence electrons. The second kappa shape index (κ2) is 13.0. The van der Waals surface area contributed by atoms with Gasteiger partial charge in [0, 0.05) is 23.5 Å². The number of hydrogen-bond donors (Lipinski definition) is 2. The van der Waals surface area contributed by atoms with Crippen LogP contribution in [-0.2, 0) is 17.8 Å². The molecule has 3 aromatic rings. The summed E-state index contributed by atoms with van der Waals surface area (Å²) in [5.74, 6) is 0.943. The monoisotopic (exact) mass is 556 g/mol. The highest BCUT2D eigenvalue weighted by Crippen LogP contribution is 2.34. The molecule has 39 heavy (non-hydrogen) atoms. The molecule has 0 saturated carbocycles. The van der Waals surface area contributed by atoms with Crippen molar-refractivity contribution < 1.29 is 24.3 Å². The first-order valence-corrected chi connectivity index (χ1v) is 14.6. The van der Waals surface area contributed by atoms with E-state index in [1.165, 1.54) is 10.4 Å². The number of aliphatic carboxylic acids is 1. The van der Waals surface area contributed by atoms with Gasteiger partial charge in [-0.1, -0.05) is 25.9 Å². The van der Waals surface area contributed by atoms with Crippen LogP contribution in [0, 0.1) is 13.8 Å². The first-order chi connectivity index (χ1) is 18.7. The SMILES string of the molecule is CCc1cc(-c2noc(-c3cc(C)c(CN(CC)CC)s3)n2)cc(C)c1OC[C@@H](O)CN1CCC[C@H]1C(=O)O. The van der Waals surface area contributed by atoms with Gasteiger partial charge in [-0.25, -0.2) is 0 Å². The molecule has 2 atom stereocenters. The topological polar surface area (TPSA) is 112 Å². The minimum atomic E-state index is -0.834. The molecular formula is C29H40N4O5S. The average molecular weight is 557 g/mol. The maximum absolute atomic E-state index is 11.4. The Kier molecular flexibility index (Phi) is 9.76. The van der Waals surface area contributed by atoms with Gasteiger partial charge in [0.25, 0.3) is 5.89 Å². The van der Waals surface area contributed by atoms with E-state index in [1.807, 2.05) is 24.0 Å². The fourth-order valence-electron chi connectivity index (χ4n) is 5.15. The highest BCUT2D eigenvalue weighted by molar-refractivity contribution is 7.15. The van der Waals surface area contributed by atoms with Crippen molar-refractivity contribution in [1.29, 1.82) is 0 Å². The van der Waals surface area contributed by atoms with E-state index >= 15 is 0 Å². The van der Waals surface area contributed by atoms with Crippen LogP contribution in [0.15, 0.2) is 22.7 Å². The maximum Gasteiger partial charge on any atom is 0.320 e. The summed E-state index contributed by atoms with van der Waals surface area (Å²) in [6.45, 7) is 14.5. The fourth-order valence-corrected chi connectivity index (χ4v) is 6.28. The number of aliphatic hydroxyl groups excluding tert-OH is 1. The molecule has 0 amide bonds. The van der Waals surface area contributed by atoms with E-state index in [0.717, 1.165) is 59.8 Å². The molecule has 2 N–H and O–H groups in total. The second-order valence-electron chi connectivity index (χ2n) is 10.2. The zero-order chi connectivity index (χ0) is 28.1. The third-order valence-corrected chi connectivity index (χ3v) is 8.63. The normalized spacial score (nSPS) is 16.7. The lowest BCUT2D eigenvalue weighted by molar-refractivity contribution is -0.142. The van der Waals surface area contributed by atoms with Crippen LogP contribution in [0.1, 0.15) is 55.2 Å². The number of carboxylic acid groups (broad SMARTS) is 1. The number of aryl methyl sites for hydroxylation is 3. The van der Waals surface area contributed by atoms with Gasteiger partial charge in [-0.3, -0.25) is 14.6 Å². The molecule has 1 aromatic carbocycles. The quantitative estimate of drug-likeness (QED) is 0.307. The fraction of sp³-hybridized carbons (Fsp3) is 0.552. The van der Waals surface area contributed by atoms with Gasteiger partial charge in [0.15, 0.2) is 0 Å². The Labute approximate surface area is 234 Å². The van der Waals surface area contributed by atoms with Gasteiger partial charge in [-0.15, -0.1) is 11.3 Å². The van der Waals surface area contributed by atoms with E-state index < -0.39 is 18.1 Å². The van der Waals surface area contributed by atoms with Crippen LogP contribution < -0.4 is 4.74 Å². The second-order valence-corrected chi connectivity index (χ2v) is 11.3. The summed E-state index contributed by atoms with van der Waals surface area (Å²) < 4.78 is 11.7. The molecule has 1 fully saturated rings. The Morgan fingerprint density at radius 1 is 1.23 bits per heavy atom. The molecule has 0 radical (unpaired) electrons. The lowest BCUT2D eigenvalue weighted by atomic mass is 10.0. The van der Waals surface area contributed by atoms with E-state index in [4.69, 9.17) is 14.2 Å². The molecular weight excluding hydrogens is 516 g/mol. The molecule has 10 heteroatoms. The lowest BCUT2D eigenvalue weighted by Crippen LogP contribution is -2.42. The minimum Gasteiger partial charge on any atom is -0.490 e. The number of rotatable bonds is 13. The number of thiophene rings is 1. The number of aliphatic hydroxyl groups is 1. The lowest BCUT2D eigenvalue weighted by Gasteiger charge is -2.24. The molecule has 0 aliphatic carbocycles. The molecule has 4 rings (SSSR count). The Morgan fingerprint density at radius 3 is 2.69 bits per heavy atom. The van der Waals surface area contributed by atoms with E-state index in [2.05, 4.69) is 43.8 Å². The number of aromatic nitrogens is 2. The van der Waals surface area contributed by atoms with Crippen molar-refractivity contribution in [3.8, 4) is 27.9 Å². The number of hydrogen-bond acceptors (Lipinski definition) is 9. The van der Waals surface area contributed by atoms with Crippen molar-refractivity contribution in [3.63, 3.8) is 0 Å². The van der Waals surface area contributed by atoms with Crippen LogP contribution >= 0.6 is 11.3 Å². The molecule has 0 spiro atoms. The van der Waals surface area contributed by atoms with Gasteiger partial charge in [-0.05, 0) is 87.6 Å². The number of β-amino-alcohol motifs (C(OH)–C–C–N with tert-alkyl or cyclic N) is 1. The van der Waals surface area contributed by atoms with Crippen LogP contribution in [0.5, 0.6) is 5.75 Å². The van der Waals surface area contributed by atoms with Gasteiger partial charge in [-0.2, -0.15) is 4.98 Å². The number of carboxylic acids is 1. The number of likely N-dealkylation sites (tertiary alicyclic amines) is 1. The molecule has 2 aromatic heterocycles. The number of benzene rings is 1. The standard InChI is InChI=1S/C29H40N4O5S/c1-6-20-14-21(12-19(5)26(20)37-17-22(34)15-33-11-9-10-23(33)29(35)36)27-30-28(38-31-27)24-13-18(4)25(39-24)16-32(7-2)8-3/h12-14,22-23,34H,6-11,15-17H2,1-5H3,(H,35,36)/t22-,23-/m0/s1. The largest absolute Gasteiger partial charge is 0.490 e. The van der Waals surface area contributed by atoms with Crippen molar-refractivity contribution in [3.05, 3.63) is 39.8 Å². The summed E-state index contributed by atoms with van der Waals surface area (Å²) in [6.07, 6.45) is 1.39. The van der Waals surface area contributed by atoms with Crippen LogP contribution in [0.3, 0.4) is 0 Å². The summed E-state index contributed by atoms with van der Waals surface area (Å²) in [5.41, 5.74) is 3.99. The summed E-state index contributed by atoms with van der Waals surface area (Å²) >= 11 is 1.70. The molecule has 1 saturated heterocycles. The molecule has 9 nitrogen and oxygen atoms in total. The first kappa shape index (κ1) is 29.2. The van der Waals surface area contributed by atoms with Crippen LogP contribution in [0.4, 0.5) is 0 Å². The van der Waals surface area contributed by atoms with Crippen molar-refractivity contribution in [2.24, 2.45) is 0 Å². The smallest absolute Gasteiger partial charge is 0.320 e. The Bertz CT molecular complexity index is 1270. The van der Waals surface area contributed by atoms with Gasteiger partial charge in [0.05, 0.1) is 4.88 Å². The third-order valence-electron chi connectivity index (χ3n) is 7.42. The number of carbonyl (C=O) groups is 1. The Balaban J connectivity index is 1.46. The van der Waals surface area contributed by atoms with E-state index in [9.17, 15) is 15.0 Å². The Hall–Kier alpha value is -2.79. The Morgan fingerprint density at radius 2 is 2.00 bits per heavy atom. The summed E-state index contributed by atoms with van der Waals surface area (Å²) in [5, 5.41) is 24.2.